The molecule has 6 atom stereocenters. The molecular weight excluding hydrogens is 509 g/mol. The van der Waals surface area contributed by atoms with E-state index in [1.165, 1.54) is 19.1 Å². The standard InChI is InChI=1S/C22H28N5O9P/c1-5-22(24)17(28)16(34-19(22)27-12-25-20(23)26-21(27)30)11-32-37(31,36-15-9-7-6-8-10-15)35-14(4)18(29)33-13(2)3/h1,6-10,12-14,16-17,19,28H,11,24H2,2-4H3,(H2,23,26,30)/t14-,16+,17-,19+,22?,37-/m0/s1. The van der Waals surface area contributed by atoms with Gasteiger partial charge in [-0.05, 0) is 32.9 Å². The fourth-order valence-electron chi connectivity index (χ4n) is 3.32. The molecule has 0 bridgehead atoms. The molecule has 1 aliphatic heterocycles. The predicted molar refractivity (Wildman–Crippen MR) is 129 cm³/mol. The SMILES string of the molecule is C#CC1(N)[C@@H](O)[C@@H](CO[P@](=O)(Oc2ccccc2)O[C@@H](C)C(=O)OC(C)C)O[C@H]1n1cnc(N)nc1=O. The summed E-state index contributed by atoms with van der Waals surface area (Å²) in [5, 5.41) is 10.8. The maximum absolute atomic E-state index is 13.5. The van der Waals surface area contributed by atoms with E-state index in [1.54, 1.807) is 32.0 Å². The third-order valence-corrected chi connectivity index (χ3v) is 6.60. The summed E-state index contributed by atoms with van der Waals surface area (Å²) in [5.74, 6) is 1.25. The van der Waals surface area contributed by atoms with Crippen LogP contribution in [0.25, 0.3) is 0 Å². The van der Waals surface area contributed by atoms with Gasteiger partial charge in [0.25, 0.3) is 0 Å². The molecule has 0 amide bonds. The summed E-state index contributed by atoms with van der Waals surface area (Å²) >= 11 is 0. The maximum Gasteiger partial charge on any atom is 0.530 e. The van der Waals surface area contributed by atoms with Crippen molar-refractivity contribution in [3.05, 3.63) is 47.1 Å². The normalized spacial score (nSPS) is 25.7. The number of para-hydroxylation sites is 1. The fraction of sp³-hybridized carbons (Fsp3) is 0.455. The molecular formula is C22H28N5O9P. The van der Waals surface area contributed by atoms with Crippen molar-refractivity contribution in [1.29, 1.82) is 0 Å². The minimum Gasteiger partial charge on any atom is -0.461 e. The monoisotopic (exact) mass is 537 g/mol. The Morgan fingerprint density at radius 1 is 1.35 bits per heavy atom. The number of anilines is 1. The molecule has 1 aliphatic rings. The number of aliphatic hydroxyl groups excluding tert-OH is 1. The van der Waals surface area contributed by atoms with Gasteiger partial charge in [0.05, 0.1) is 12.7 Å². The number of carbonyl (C=O) groups is 1. The number of nitrogen functional groups attached to an aromatic ring is 1. The number of terminal acetylenes is 1. The van der Waals surface area contributed by atoms with Crippen LogP contribution >= 0.6 is 7.82 Å². The first-order valence-electron chi connectivity index (χ1n) is 11.1. The minimum atomic E-state index is -4.53. The van der Waals surface area contributed by atoms with Gasteiger partial charge in [-0.1, -0.05) is 24.1 Å². The van der Waals surface area contributed by atoms with E-state index >= 15 is 0 Å². The van der Waals surface area contributed by atoms with Crippen LogP contribution in [-0.4, -0.2) is 62.2 Å². The number of esters is 1. The number of phosphoric ester groups is 1. The first-order chi connectivity index (χ1) is 17.4. The summed E-state index contributed by atoms with van der Waals surface area (Å²) in [7, 11) is -4.53. The third kappa shape index (κ3) is 6.53. The highest BCUT2D eigenvalue weighted by molar-refractivity contribution is 7.49. The van der Waals surface area contributed by atoms with Gasteiger partial charge >= 0.3 is 19.5 Å². The number of benzene rings is 1. The smallest absolute Gasteiger partial charge is 0.461 e. The van der Waals surface area contributed by atoms with Gasteiger partial charge in [0.2, 0.25) is 5.95 Å². The van der Waals surface area contributed by atoms with Crippen LogP contribution in [0.15, 0.2) is 41.5 Å². The van der Waals surface area contributed by atoms with Crippen LogP contribution in [0.1, 0.15) is 27.0 Å². The highest BCUT2D eigenvalue weighted by Crippen LogP contribution is 2.51. The number of nitrogens with two attached hydrogens (primary N) is 2. The summed E-state index contributed by atoms with van der Waals surface area (Å²) in [4.78, 5) is 31.8. The number of nitrogens with zero attached hydrogens (tertiary/aromatic N) is 3. The summed E-state index contributed by atoms with van der Waals surface area (Å²) < 4.78 is 41.4. The molecule has 3 rings (SSSR count). The zero-order valence-electron chi connectivity index (χ0n) is 20.3. The average molecular weight is 537 g/mol. The first-order valence-corrected chi connectivity index (χ1v) is 12.5. The van der Waals surface area contributed by atoms with Gasteiger partial charge in [0.1, 0.15) is 24.3 Å². The fourth-order valence-corrected chi connectivity index (χ4v) is 4.66. The number of phosphoric acid groups is 1. The lowest BCUT2D eigenvalue weighted by Crippen LogP contribution is -2.55. The molecule has 2 heterocycles. The quantitative estimate of drug-likeness (QED) is 0.213. The summed E-state index contributed by atoms with van der Waals surface area (Å²) in [6.07, 6.45) is 0.427. The minimum absolute atomic E-state index is 0.114. The Bertz CT molecular complexity index is 1250. The number of hydrogen-bond acceptors (Lipinski definition) is 13. The van der Waals surface area contributed by atoms with Gasteiger partial charge < -0.3 is 30.6 Å². The molecule has 2 aromatic rings. The highest BCUT2D eigenvalue weighted by atomic mass is 31.2. The van der Waals surface area contributed by atoms with Crippen LogP contribution in [0.4, 0.5) is 5.95 Å². The number of hydrogen-bond donors (Lipinski definition) is 3. The van der Waals surface area contributed by atoms with Gasteiger partial charge in [-0.25, -0.2) is 19.1 Å². The molecule has 0 radical (unpaired) electrons. The van der Waals surface area contributed by atoms with E-state index in [9.17, 15) is 19.3 Å². The van der Waals surface area contributed by atoms with Crippen LogP contribution < -0.4 is 21.7 Å². The molecule has 1 unspecified atom stereocenters. The van der Waals surface area contributed by atoms with Gasteiger partial charge in [-0.3, -0.25) is 13.6 Å². The number of carbonyl (C=O) groups excluding carboxylic acids is 1. The van der Waals surface area contributed by atoms with E-state index in [1.807, 2.05) is 0 Å². The molecule has 1 aromatic carbocycles. The van der Waals surface area contributed by atoms with Crippen molar-refractivity contribution in [3.8, 4) is 18.1 Å². The molecule has 14 nitrogen and oxygen atoms in total. The molecule has 37 heavy (non-hydrogen) atoms. The zero-order chi connectivity index (χ0) is 27.4. The lowest BCUT2D eigenvalue weighted by Gasteiger charge is -2.27. The molecule has 15 heteroatoms. The van der Waals surface area contributed by atoms with E-state index in [-0.39, 0.29) is 11.7 Å². The van der Waals surface area contributed by atoms with Crippen LogP contribution in [0.5, 0.6) is 5.75 Å². The molecule has 0 spiro atoms. The van der Waals surface area contributed by atoms with Gasteiger partial charge in [0, 0.05) is 0 Å². The Hall–Kier alpha value is -3.31. The van der Waals surface area contributed by atoms with Crippen molar-refractivity contribution in [2.24, 2.45) is 5.73 Å². The predicted octanol–water partition coefficient (Wildman–Crippen LogP) is 0.370. The number of aromatic nitrogens is 3. The van der Waals surface area contributed by atoms with Gasteiger partial charge in [-0.15, -0.1) is 6.42 Å². The molecule has 1 saturated heterocycles. The van der Waals surface area contributed by atoms with E-state index < -0.39 is 62.3 Å². The highest BCUT2D eigenvalue weighted by Gasteiger charge is 2.55. The van der Waals surface area contributed by atoms with Crippen LogP contribution in [0.3, 0.4) is 0 Å². The van der Waals surface area contributed by atoms with Crippen molar-refractivity contribution in [1.82, 2.24) is 14.5 Å². The zero-order valence-corrected chi connectivity index (χ0v) is 21.2. The Kier molecular flexibility index (Phi) is 8.70. The largest absolute Gasteiger partial charge is 0.530 e. The Morgan fingerprint density at radius 3 is 2.62 bits per heavy atom. The third-order valence-electron chi connectivity index (χ3n) is 5.13. The van der Waals surface area contributed by atoms with Crippen LogP contribution in [0, 0.1) is 12.3 Å². The molecule has 1 fully saturated rings. The lowest BCUT2D eigenvalue weighted by molar-refractivity contribution is -0.156. The lowest BCUT2D eigenvalue weighted by atomic mass is 9.92. The van der Waals surface area contributed by atoms with E-state index in [0.29, 0.717) is 0 Å². The second kappa shape index (κ2) is 11.4. The average Bonchev–Trinajstić information content (AvgIpc) is 3.08. The molecule has 0 aliphatic carbocycles. The second-order valence-electron chi connectivity index (χ2n) is 8.33. The molecule has 200 valence electrons. The second-order valence-corrected chi connectivity index (χ2v) is 9.88. The first kappa shape index (κ1) is 28.3. The van der Waals surface area contributed by atoms with Gasteiger partial charge in [0.15, 0.2) is 17.9 Å². The molecule has 0 saturated carbocycles. The van der Waals surface area contributed by atoms with E-state index in [4.69, 9.17) is 40.9 Å². The topological polar surface area (TPSA) is 200 Å². The Balaban J connectivity index is 1.83. The maximum atomic E-state index is 13.5. The number of ether oxygens (including phenoxy) is 2. The summed E-state index contributed by atoms with van der Waals surface area (Å²) in [5.41, 5.74) is 8.80. The van der Waals surface area contributed by atoms with Crippen molar-refractivity contribution in [2.45, 2.75) is 57.0 Å². The summed E-state index contributed by atoms with van der Waals surface area (Å²) in [6.45, 7) is 3.96. The van der Waals surface area contributed by atoms with Crippen molar-refractivity contribution >= 4 is 19.7 Å². The van der Waals surface area contributed by atoms with Crippen molar-refractivity contribution in [3.63, 3.8) is 0 Å². The Morgan fingerprint density at radius 2 is 2.03 bits per heavy atom. The number of aliphatic hydroxyl groups is 1. The van der Waals surface area contributed by atoms with Crippen LogP contribution in [-0.2, 0) is 27.9 Å². The summed E-state index contributed by atoms with van der Waals surface area (Å²) in [6, 6.07) is 7.92. The van der Waals surface area contributed by atoms with E-state index in [0.717, 1.165) is 10.9 Å². The Labute approximate surface area is 212 Å². The van der Waals surface area contributed by atoms with E-state index in [2.05, 4.69) is 15.9 Å². The number of rotatable bonds is 10. The molecule has 5 N–H and O–H groups in total. The molecule has 1 aromatic heterocycles. The van der Waals surface area contributed by atoms with Crippen molar-refractivity contribution < 1.29 is 37.5 Å². The van der Waals surface area contributed by atoms with Crippen molar-refractivity contribution in [2.75, 3.05) is 12.3 Å². The van der Waals surface area contributed by atoms with Crippen LogP contribution in [0.2, 0.25) is 0 Å². The van der Waals surface area contributed by atoms with Gasteiger partial charge in [-0.2, -0.15) is 4.98 Å².